The molecule has 0 spiro atoms. The van der Waals surface area contributed by atoms with Gasteiger partial charge in [-0.15, -0.1) is 0 Å². The summed E-state index contributed by atoms with van der Waals surface area (Å²) in [5, 5.41) is 15.8. The number of hydrogen-bond donors (Lipinski definition) is 5. The summed E-state index contributed by atoms with van der Waals surface area (Å²) in [6.07, 6.45) is 2.06. The Labute approximate surface area is 219 Å². The van der Waals surface area contributed by atoms with E-state index >= 15 is 0 Å². The Hall–Kier alpha value is -3.72. The number of nitrogens with one attached hydrogen (secondary N) is 4. The van der Waals surface area contributed by atoms with Gasteiger partial charge in [-0.2, -0.15) is 0 Å². The zero-order valence-corrected chi connectivity index (χ0v) is 22.3. The van der Waals surface area contributed by atoms with Gasteiger partial charge in [0.15, 0.2) is 0 Å². The maximum atomic E-state index is 12.7. The van der Waals surface area contributed by atoms with Gasteiger partial charge in [0.05, 0.1) is 19.1 Å². The van der Waals surface area contributed by atoms with Crippen molar-refractivity contribution in [3.05, 3.63) is 70.8 Å². The number of rotatable bonds is 2. The van der Waals surface area contributed by atoms with E-state index in [1.54, 1.807) is 7.05 Å². The molecule has 2 aromatic carbocycles. The van der Waals surface area contributed by atoms with Gasteiger partial charge < -0.3 is 26.6 Å². The predicted molar refractivity (Wildman–Crippen MR) is 146 cm³/mol. The highest BCUT2D eigenvalue weighted by atomic mass is 16.2. The Morgan fingerprint density at radius 3 is 2.03 bits per heavy atom. The van der Waals surface area contributed by atoms with Crippen LogP contribution in [0.4, 0.5) is 0 Å². The SMILES string of the molecule is CC.CN1CC(=O)NCC(=O)NCc2ccccc2CNC(C2CC2)C1=O.Cc1ccc(C(=N)N)cc1. The molecule has 1 aliphatic heterocycles. The predicted octanol–water partition coefficient (Wildman–Crippen LogP) is 2.06. The molecule has 0 radical (unpaired) electrons. The number of nitrogen functional groups attached to an aromatic ring is 1. The molecule has 6 N–H and O–H groups in total. The Morgan fingerprint density at radius 2 is 1.46 bits per heavy atom. The number of benzene rings is 2. The average Bonchev–Trinajstić information content (AvgIpc) is 3.73. The highest BCUT2D eigenvalue weighted by molar-refractivity contribution is 5.94. The number of nitrogens with two attached hydrogens (primary N) is 1. The lowest BCUT2D eigenvalue weighted by Gasteiger charge is -2.25. The van der Waals surface area contributed by atoms with Crippen molar-refractivity contribution in [3.63, 3.8) is 0 Å². The molecule has 0 saturated heterocycles. The molecule has 2 aliphatic rings. The van der Waals surface area contributed by atoms with Crippen LogP contribution >= 0.6 is 0 Å². The third-order valence-electron chi connectivity index (χ3n) is 6.03. The minimum Gasteiger partial charge on any atom is -0.384 e. The minimum atomic E-state index is -0.335. The Balaban J connectivity index is 0.000000336. The third kappa shape index (κ3) is 9.69. The lowest BCUT2D eigenvalue weighted by molar-refractivity contribution is -0.137. The van der Waals surface area contributed by atoms with E-state index in [0.29, 0.717) is 19.0 Å². The van der Waals surface area contributed by atoms with Crippen LogP contribution < -0.4 is 21.7 Å². The van der Waals surface area contributed by atoms with Gasteiger partial charge in [-0.25, -0.2) is 0 Å². The molecule has 1 unspecified atom stereocenters. The number of likely N-dealkylation sites (N-methyl/N-ethyl adjacent to an activating group) is 1. The standard InChI is InChI=1S/C18H24N4O3.C8H10N2.C2H6/c1-22-11-16(24)20-10-15(23)19-8-13-4-2-3-5-14(13)9-21-17(18(22)25)12-6-7-12;1-6-2-4-7(5-3-6)8(9)10;1-2/h2-5,12,17,21H,6-11H2,1H3,(H,19,23)(H,20,24);2-5H,1H3,(H3,9,10);1-2H3. The van der Waals surface area contributed by atoms with Crippen LogP contribution in [0.3, 0.4) is 0 Å². The van der Waals surface area contributed by atoms with E-state index in [0.717, 1.165) is 29.5 Å². The second-order valence-electron chi connectivity index (χ2n) is 8.99. The van der Waals surface area contributed by atoms with Crippen molar-refractivity contribution < 1.29 is 14.4 Å². The Bertz CT molecular complexity index is 1070. The summed E-state index contributed by atoms with van der Waals surface area (Å²) < 4.78 is 0. The second-order valence-corrected chi connectivity index (χ2v) is 8.99. The van der Waals surface area contributed by atoms with Crippen LogP contribution in [0, 0.1) is 18.3 Å². The smallest absolute Gasteiger partial charge is 0.240 e. The number of nitrogens with zero attached hydrogens (tertiary/aromatic N) is 1. The average molecular weight is 509 g/mol. The van der Waals surface area contributed by atoms with E-state index in [-0.39, 0.29) is 42.7 Å². The number of fused-ring (bicyclic) bond motifs is 1. The zero-order valence-electron chi connectivity index (χ0n) is 22.3. The van der Waals surface area contributed by atoms with Gasteiger partial charge in [0.1, 0.15) is 5.84 Å². The summed E-state index contributed by atoms with van der Waals surface area (Å²) in [5.74, 6) is -0.203. The molecule has 9 heteroatoms. The molecular weight excluding hydrogens is 468 g/mol. The van der Waals surface area contributed by atoms with E-state index in [9.17, 15) is 14.4 Å². The number of amidine groups is 1. The van der Waals surface area contributed by atoms with Crippen molar-refractivity contribution in [2.75, 3.05) is 20.1 Å². The van der Waals surface area contributed by atoms with Crippen molar-refractivity contribution in [2.45, 2.75) is 52.7 Å². The Kier molecular flexibility index (Phi) is 11.8. The van der Waals surface area contributed by atoms with Gasteiger partial charge in [0, 0.05) is 25.7 Å². The fourth-order valence-corrected chi connectivity index (χ4v) is 3.76. The lowest BCUT2D eigenvalue weighted by Crippen LogP contribution is -2.50. The molecule has 200 valence electrons. The van der Waals surface area contributed by atoms with Crippen molar-refractivity contribution in [1.29, 1.82) is 5.41 Å². The van der Waals surface area contributed by atoms with Gasteiger partial charge in [-0.3, -0.25) is 19.8 Å². The van der Waals surface area contributed by atoms with E-state index in [1.807, 2.05) is 69.3 Å². The molecule has 1 saturated carbocycles. The van der Waals surface area contributed by atoms with Crippen LogP contribution in [0.5, 0.6) is 0 Å². The number of carbonyl (C=O) groups excluding carboxylic acids is 3. The quantitative estimate of drug-likeness (QED) is 0.312. The van der Waals surface area contributed by atoms with Crippen LogP contribution in [0.25, 0.3) is 0 Å². The molecular formula is C28H40N6O3. The second kappa shape index (κ2) is 14.7. The van der Waals surface area contributed by atoms with Crippen molar-refractivity contribution in [2.24, 2.45) is 11.7 Å². The van der Waals surface area contributed by atoms with Crippen molar-refractivity contribution in [1.82, 2.24) is 20.9 Å². The Morgan fingerprint density at radius 1 is 0.892 bits per heavy atom. The summed E-state index contributed by atoms with van der Waals surface area (Å²) >= 11 is 0. The van der Waals surface area contributed by atoms with E-state index in [2.05, 4.69) is 16.0 Å². The molecule has 1 heterocycles. The highest BCUT2D eigenvalue weighted by Crippen LogP contribution is 2.33. The minimum absolute atomic E-state index is 0.0480. The first kappa shape index (κ1) is 29.5. The van der Waals surface area contributed by atoms with Crippen LogP contribution in [0.2, 0.25) is 0 Å². The number of carbonyl (C=O) groups is 3. The molecule has 1 fully saturated rings. The molecule has 3 amide bonds. The van der Waals surface area contributed by atoms with E-state index in [4.69, 9.17) is 11.1 Å². The van der Waals surface area contributed by atoms with Crippen LogP contribution in [-0.4, -0.2) is 54.6 Å². The van der Waals surface area contributed by atoms with E-state index < -0.39 is 0 Å². The fraction of sp³-hybridized carbons (Fsp3) is 0.429. The van der Waals surface area contributed by atoms with Crippen LogP contribution in [0.1, 0.15) is 48.9 Å². The monoisotopic (exact) mass is 508 g/mol. The first-order valence-corrected chi connectivity index (χ1v) is 12.7. The summed E-state index contributed by atoms with van der Waals surface area (Å²) in [7, 11) is 1.62. The highest BCUT2D eigenvalue weighted by Gasteiger charge is 2.37. The number of hydrogen-bond acceptors (Lipinski definition) is 5. The largest absolute Gasteiger partial charge is 0.384 e. The van der Waals surface area contributed by atoms with Crippen LogP contribution in [-0.2, 0) is 27.5 Å². The zero-order chi connectivity index (χ0) is 27.4. The van der Waals surface area contributed by atoms with Crippen molar-refractivity contribution >= 4 is 23.6 Å². The normalized spacial score (nSPS) is 18.4. The van der Waals surface area contributed by atoms with E-state index in [1.165, 1.54) is 10.5 Å². The maximum absolute atomic E-state index is 12.7. The molecule has 1 aliphatic carbocycles. The summed E-state index contributed by atoms with van der Waals surface area (Å²) in [4.78, 5) is 38.0. The van der Waals surface area contributed by atoms with Gasteiger partial charge in [0.2, 0.25) is 17.7 Å². The topological polar surface area (TPSA) is 140 Å². The van der Waals surface area contributed by atoms with Gasteiger partial charge >= 0.3 is 0 Å². The van der Waals surface area contributed by atoms with Crippen molar-refractivity contribution in [3.8, 4) is 0 Å². The molecule has 4 rings (SSSR count). The molecule has 1 atom stereocenters. The summed E-state index contributed by atoms with van der Waals surface area (Å²) in [6.45, 7) is 6.82. The third-order valence-corrected chi connectivity index (χ3v) is 6.03. The van der Waals surface area contributed by atoms with Gasteiger partial charge in [-0.05, 0) is 36.8 Å². The molecule has 2 aromatic rings. The molecule has 0 aromatic heterocycles. The maximum Gasteiger partial charge on any atom is 0.240 e. The summed E-state index contributed by atoms with van der Waals surface area (Å²) in [5.41, 5.74) is 9.28. The first-order chi connectivity index (χ1) is 17.7. The molecule has 0 bridgehead atoms. The number of aryl methyl sites for hydroxylation is 1. The lowest BCUT2D eigenvalue weighted by atomic mass is 10.1. The molecule has 37 heavy (non-hydrogen) atoms. The number of amides is 3. The fourth-order valence-electron chi connectivity index (χ4n) is 3.76. The van der Waals surface area contributed by atoms with Gasteiger partial charge in [-0.1, -0.05) is 67.9 Å². The molecule has 9 nitrogen and oxygen atoms in total. The van der Waals surface area contributed by atoms with Crippen LogP contribution in [0.15, 0.2) is 48.5 Å². The first-order valence-electron chi connectivity index (χ1n) is 12.7. The van der Waals surface area contributed by atoms with Gasteiger partial charge in [0.25, 0.3) is 0 Å². The summed E-state index contributed by atoms with van der Waals surface area (Å²) in [6, 6.07) is 15.1.